The largest absolute Gasteiger partial charge is 1.00 e. The molecule has 0 atom stereocenters. The molecule has 3 heterocycles. The number of rotatable bonds is 6. The van der Waals surface area contributed by atoms with Crippen LogP contribution in [0.5, 0.6) is 0 Å². The van der Waals surface area contributed by atoms with Crippen LogP contribution in [0.15, 0.2) is 89.7 Å². The van der Waals surface area contributed by atoms with Crippen LogP contribution >= 0.6 is 68.4 Å². The number of carbonyl (C=O) groups is 2. The first kappa shape index (κ1) is 53.3. The second-order valence-corrected chi connectivity index (χ2v) is 17.0. The molecule has 312 valence electrons. The molecule has 9 rings (SSSR count). The number of esters is 1. The molecule has 2 aliphatic rings. The van der Waals surface area contributed by atoms with Gasteiger partial charge in [-0.15, -0.1) is 0 Å². The summed E-state index contributed by atoms with van der Waals surface area (Å²) >= 11 is 16.1. The molecule has 0 spiro atoms. The number of halogens is 5. The first-order valence-electron chi connectivity index (χ1n) is 17.9. The summed E-state index contributed by atoms with van der Waals surface area (Å²) in [6, 6.07) is 29.7. The minimum absolute atomic E-state index is 0. The van der Waals surface area contributed by atoms with Crippen LogP contribution in [0.1, 0.15) is 71.1 Å². The normalized spacial score (nSPS) is 13.3. The number of hydrogen-bond donors (Lipinski definition) is 3. The Labute approximate surface area is 482 Å². The average molecular weight is 1170 g/mol. The zero-order chi connectivity index (χ0) is 44.1. The van der Waals surface area contributed by atoms with Gasteiger partial charge in [0.1, 0.15) is 29.1 Å². The number of ether oxygens (including phenoxy) is 1. The molecule has 4 N–H and O–H groups in total. The molecule has 2 saturated carbocycles. The fourth-order valence-corrected chi connectivity index (χ4v) is 8.15. The summed E-state index contributed by atoms with van der Waals surface area (Å²) in [5, 5.41) is 41.0. The number of fused-ring (bicyclic) bond motifs is 3. The first-order valence-corrected chi connectivity index (χ1v) is 20.9. The van der Waals surface area contributed by atoms with E-state index in [1.165, 1.54) is 19.2 Å². The third-order valence-electron chi connectivity index (χ3n) is 10.2. The molecule has 0 aliphatic heterocycles. The Balaban J connectivity index is 0.000000256. The summed E-state index contributed by atoms with van der Waals surface area (Å²) in [6.45, 7) is -0.181. The van der Waals surface area contributed by atoms with Crippen molar-refractivity contribution in [2.45, 2.75) is 36.5 Å². The number of nitrogens with zero attached hydrogens (tertiary/aromatic N) is 5. The van der Waals surface area contributed by atoms with Gasteiger partial charge in [0.05, 0.1) is 35.0 Å². The third kappa shape index (κ3) is 11.8. The zero-order valence-corrected chi connectivity index (χ0v) is 45.7. The molecule has 0 amide bonds. The molecule has 0 bridgehead atoms. The maximum absolute atomic E-state index is 12.9. The number of hydrogen-bond acceptors (Lipinski definition) is 11. The van der Waals surface area contributed by atoms with Gasteiger partial charge in [0.25, 0.3) is 12.0 Å². The number of H-pyrrole nitrogens is 2. The number of methoxy groups -OCH3 is 1. The summed E-state index contributed by atoms with van der Waals surface area (Å²) in [7, 11) is 1.22. The van der Waals surface area contributed by atoms with E-state index in [9.17, 15) is 19.2 Å². The average Bonchev–Trinajstić information content (AvgIpc) is 4.19. The summed E-state index contributed by atoms with van der Waals surface area (Å²) < 4.78 is 20.8. The van der Waals surface area contributed by atoms with E-state index in [2.05, 4.69) is 59.5 Å². The Morgan fingerprint density at radius 1 is 0.921 bits per heavy atom. The van der Waals surface area contributed by atoms with Crippen LogP contribution in [0, 0.1) is 35.6 Å². The van der Waals surface area contributed by atoms with Crippen LogP contribution in [0.3, 0.4) is 0 Å². The van der Waals surface area contributed by atoms with E-state index in [0.717, 1.165) is 49.6 Å². The molecule has 0 unspecified atom stereocenters. The molecule has 0 radical (unpaired) electrons. The van der Waals surface area contributed by atoms with Gasteiger partial charge >= 0.3 is 109 Å². The van der Waals surface area contributed by atoms with E-state index < -0.39 is 11.8 Å². The fraction of sp³-hybridized carbons (Fsp3) is 0.167. The Bertz CT molecular complexity index is 2940. The van der Waals surface area contributed by atoms with Gasteiger partial charge in [-0.3, -0.25) is 14.7 Å². The van der Waals surface area contributed by atoms with Crippen molar-refractivity contribution in [1.82, 2.24) is 24.8 Å². The number of nitrogens with two attached hydrogens (primary N) is 1. The molecule has 4 aromatic carbocycles. The second kappa shape index (κ2) is 23.4. The number of nitrogen functional groups attached to an aromatic ring is 1. The number of nitriles is 2. The Hall–Kier alpha value is -2.31. The summed E-state index contributed by atoms with van der Waals surface area (Å²) in [6.07, 6.45) is 3.80. The predicted octanol–water partition coefficient (Wildman–Crippen LogP) is 1.75. The molecule has 2 fully saturated rings. The Morgan fingerprint density at radius 3 is 1.95 bits per heavy atom. The Kier molecular flexibility index (Phi) is 19.8. The van der Waals surface area contributed by atoms with E-state index in [1.54, 1.807) is 10.6 Å². The van der Waals surface area contributed by atoms with Gasteiger partial charge in [-0.2, -0.15) is 20.7 Å². The van der Waals surface area contributed by atoms with E-state index >= 15 is 0 Å². The smallest absolute Gasteiger partial charge is 1.00 e. The number of carbonyl (C=O) groups excluding carboxylic acids is 2. The van der Waals surface area contributed by atoms with Gasteiger partial charge in [-0.25, -0.2) is 13.7 Å². The van der Waals surface area contributed by atoms with Crippen LogP contribution in [0.25, 0.3) is 16.6 Å². The first-order chi connectivity index (χ1) is 29.3. The van der Waals surface area contributed by atoms with Crippen LogP contribution in [0.2, 0.25) is 10.0 Å². The molecular weight excluding hydrogens is 1130 g/mol. The van der Waals surface area contributed by atoms with Crippen molar-refractivity contribution in [1.29, 1.82) is 10.5 Å². The van der Waals surface area contributed by atoms with E-state index in [1.807, 2.05) is 89.3 Å². The van der Waals surface area contributed by atoms with E-state index in [4.69, 9.17) is 49.3 Å². The molecule has 63 heavy (non-hydrogen) atoms. The summed E-state index contributed by atoms with van der Waals surface area (Å²) in [4.78, 5) is 37.6. The van der Waals surface area contributed by atoms with Crippen LogP contribution < -0.4 is 119 Å². The molecule has 14 nitrogen and oxygen atoms in total. The molecule has 0 saturated heterocycles. The van der Waals surface area contributed by atoms with Crippen molar-refractivity contribution in [2.75, 3.05) is 12.8 Å². The molecular formula is C42H31Cl2FI2K2N8O6. The number of aromatic nitrogens is 5. The SMILES string of the molecule is COC(=O)c1cc(I)ccc1F.N#Cc1c(C2(c3ccc(Cl)cc3)CC2)nn2c1[nH]c(=O)c1cc(I)ccc12.N#Cc1c(N)n[nH]c1C1(c2ccc(Cl)cc2)CC1.O=CO[O-].[H-].[K+].[K+]. The number of nitrogens with one attached hydrogen (secondary N) is 2. The van der Waals surface area contributed by atoms with E-state index in [-0.39, 0.29) is 138 Å². The quantitative estimate of drug-likeness (QED) is 0.0543. The van der Waals surface area contributed by atoms with Crippen molar-refractivity contribution >= 4 is 103 Å². The Morgan fingerprint density at radius 2 is 1.44 bits per heavy atom. The van der Waals surface area contributed by atoms with Crippen molar-refractivity contribution in [2.24, 2.45) is 0 Å². The van der Waals surface area contributed by atoms with Gasteiger partial charge < -0.3 is 27.0 Å². The minimum atomic E-state index is -0.647. The topological polar surface area (TPSA) is 228 Å². The standard InChI is InChI=1S/C20H12ClIN4O.C13H11ClN4.C8H6FIO2.CH2O3.2K.H/c21-12-3-1-11(2-4-12)20(7-8-20)17-15(10-23)18-24-19(27)14-9-13(22)5-6-16(14)26(18)25-17;14-9-3-1-8(2-4-9)13(5-6-13)11-10(7-15)12(16)18-17-11;1-12-8(11)6-4-5(10)2-3-7(6)9;2-1-4-3;;;/h1-6,9H,7-8H2,(H,24,27);1-4H,5-6H2,(H3,16,17,18);2-4H,1H3;1,3H;;;/q;;;;2*+1;-1/p-1. The minimum Gasteiger partial charge on any atom is -1.00 e. The zero-order valence-electron chi connectivity index (χ0n) is 34.6. The van der Waals surface area contributed by atoms with Crippen molar-refractivity contribution in [3.8, 4) is 12.1 Å². The van der Waals surface area contributed by atoms with Gasteiger partial charge in [0.15, 0.2) is 11.5 Å². The molecule has 3 aromatic heterocycles. The second-order valence-electron chi connectivity index (χ2n) is 13.7. The van der Waals surface area contributed by atoms with Crippen molar-refractivity contribution < 1.29 is 133 Å². The summed E-state index contributed by atoms with van der Waals surface area (Å²) in [5.41, 5.74) is 10.8. The van der Waals surface area contributed by atoms with Crippen molar-refractivity contribution in [3.63, 3.8) is 0 Å². The van der Waals surface area contributed by atoms with Gasteiger partial charge in [-0.1, -0.05) is 47.5 Å². The van der Waals surface area contributed by atoms with Crippen molar-refractivity contribution in [3.05, 3.63) is 157 Å². The van der Waals surface area contributed by atoms with Gasteiger partial charge in [0, 0.05) is 28.0 Å². The molecule has 21 heteroatoms. The van der Waals surface area contributed by atoms with Crippen LogP contribution in [-0.4, -0.2) is 44.3 Å². The van der Waals surface area contributed by atoms with Gasteiger partial charge in [-0.05, 0) is 143 Å². The predicted molar refractivity (Wildman–Crippen MR) is 240 cm³/mol. The monoisotopic (exact) mass is 1160 g/mol. The van der Waals surface area contributed by atoms with Crippen LogP contribution in [0.4, 0.5) is 10.2 Å². The molecule has 7 aromatic rings. The van der Waals surface area contributed by atoms with Crippen LogP contribution in [-0.2, 0) is 25.2 Å². The number of benzene rings is 4. The third-order valence-corrected chi connectivity index (χ3v) is 12.0. The van der Waals surface area contributed by atoms with E-state index in [0.29, 0.717) is 43.4 Å². The number of anilines is 1. The van der Waals surface area contributed by atoms with Gasteiger partial charge in [0.2, 0.25) is 0 Å². The number of aromatic amines is 2. The fourth-order valence-electron chi connectivity index (χ4n) is 6.91. The maximum atomic E-state index is 12.9. The summed E-state index contributed by atoms with van der Waals surface area (Å²) in [5.74, 6) is -0.930. The molecule has 2 aliphatic carbocycles. The maximum Gasteiger partial charge on any atom is 1.00 e.